The number of hydrogen-bond acceptors (Lipinski definition) is 5. The van der Waals surface area contributed by atoms with Gasteiger partial charge in [-0.3, -0.25) is 4.79 Å². The van der Waals surface area contributed by atoms with E-state index in [-0.39, 0.29) is 5.78 Å². The van der Waals surface area contributed by atoms with Crippen LogP contribution in [0.5, 0.6) is 0 Å². The van der Waals surface area contributed by atoms with Gasteiger partial charge in [0, 0.05) is 59.9 Å². The Morgan fingerprint density at radius 3 is 2.31 bits per heavy atom. The number of nitrogens with zero attached hydrogens (tertiary/aromatic N) is 4. The zero-order valence-corrected chi connectivity index (χ0v) is 20.8. The van der Waals surface area contributed by atoms with Gasteiger partial charge in [0.1, 0.15) is 0 Å². The highest BCUT2D eigenvalue weighted by molar-refractivity contribution is 6.11. The number of carbonyl (C=O) groups is 1. The first-order valence-corrected chi connectivity index (χ1v) is 12.5. The van der Waals surface area contributed by atoms with E-state index in [0.29, 0.717) is 12.1 Å². The van der Waals surface area contributed by atoms with Crippen LogP contribution in [0.4, 0.5) is 5.69 Å². The van der Waals surface area contributed by atoms with Crippen molar-refractivity contribution in [3.05, 3.63) is 84.8 Å². The van der Waals surface area contributed by atoms with Crippen LogP contribution in [-0.4, -0.2) is 45.6 Å². The third-order valence-electron chi connectivity index (χ3n) is 7.28. The molecule has 6 heteroatoms. The first kappa shape index (κ1) is 22.4. The number of benzene rings is 3. The summed E-state index contributed by atoms with van der Waals surface area (Å²) in [4.78, 5) is 19.4. The molecule has 6 rings (SSSR count). The molecule has 0 bridgehead atoms. The number of carbonyl (C=O) groups excluding carboxylic acids is 1. The van der Waals surface area contributed by atoms with Gasteiger partial charge in [-0.05, 0) is 54.8 Å². The van der Waals surface area contributed by atoms with Gasteiger partial charge in [-0.1, -0.05) is 48.5 Å². The molecular weight excluding hydrogens is 446 g/mol. The van der Waals surface area contributed by atoms with Gasteiger partial charge in [-0.15, -0.1) is 0 Å². The third kappa shape index (κ3) is 3.74. The van der Waals surface area contributed by atoms with Crippen LogP contribution in [0.1, 0.15) is 31.1 Å². The van der Waals surface area contributed by atoms with Crippen molar-refractivity contribution in [1.82, 2.24) is 19.9 Å². The Labute approximate surface area is 210 Å². The maximum Gasteiger partial charge on any atom is 0.162 e. The number of rotatable bonds is 4. The lowest BCUT2D eigenvalue weighted by molar-refractivity contribution is 0.101. The topological polar surface area (TPSA) is 62.5 Å². The van der Waals surface area contributed by atoms with E-state index in [1.807, 2.05) is 53.4 Å². The molecule has 180 valence electrons. The number of aromatic nitrogens is 3. The molecule has 0 unspecified atom stereocenters. The van der Waals surface area contributed by atoms with E-state index in [2.05, 4.69) is 59.5 Å². The van der Waals surface area contributed by atoms with Crippen LogP contribution in [0.25, 0.3) is 38.7 Å². The molecule has 0 amide bonds. The molecule has 0 aliphatic carbocycles. The highest BCUT2D eigenvalue weighted by atomic mass is 16.1. The molecule has 2 aromatic heterocycles. The van der Waals surface area contributed by atoms with Crippen molar-refractivity contribution in [1.29, 1.82) is 0 Å². The molecule has 5 aromatic rings. The molecule has 1 saturated heterocycles. The van der Waals surface area contributed by atoms with Gasteiger partial charge in [-0.25, -0.2) is 9.50 Å². The predicted octanol–water partition coefficient (Wildman–Crippen LogP) is 5.61. The fourth-order valence-electron chi connectivity index (χ4n) is 5.52. The second-order valence-electron chi connectivity index (χ2n) is 9.74. The SMILES string of the molecule is CC(=O)c1ccc(-c2cnn3cc(-c4ccc(N5[C@H](C)CNC[C@@H]5C)cc4)cnc23)c2ccccc12. The van der Waals surface area contributed by atoms with E-state index in [0.717, 1.165) is 57.3 Å². The monoisotopic (exact) mass is 475 g/mol. The van der Waals surface area contributed by atoms with Crippen molar-refractivity contribution in [3.8, 4) is 22.3 Å². The van der Waals surface area contributed by atoms with E-state index in [1.54, 1.807) is 6.92 Å². The Morgan fingerprint density at radius 1 is 0.861 bits per heavy atom. The van der Waals surface area contributed by atoms with E-state index < -0.39 is 0 Å². The van der Waals surface area contributed by atoms with Gasteiger partial charge in [-0.2, -0.15) is 5.10 Å². The molecule has 1 aliphatic heterocycles. The molecule has 0 spiro atoms. The molecule has 0 radical (unpaired) electrons. The fourth-order valence-corrected chi connectivity index (χ4v) is 5.52. The van der Waals surface area contributed by atoms with Crippen LogP contribution in [0, 0.1) is 0 Å². The minimum absolute atomic E-state index is 0.0623. The lowest BCUT2D eigenvalue weighted by atomic mass is 9.95. The Hall–Kier alpha value is -4.03. The van der Waals surface area contributed by atoms with Gasteiger partial charge in [0.2, 0.25) is 0 Å². The summed E-state index contributed by atoms with van der Waals surface area (Å²) in [7, 11) is 0. The van der Waals surface area contributed by atoms with Gasteiger partial charge in [0.15, 0.2) is 11.4 Å². The van der Waals surface area contributed by atoms with Crippen LogP contribution >= 0.6 is 0 Å². The molecule has 0 saturated carbocycles. The van der Waals surface area contributed by atoms with Gasteiger partial charge in [0.05, 0.1) is 6.20 Å². The lowest BCUT2D eigenvalue weighted by Crippen LogP contribution is -2.55. The zero-order valence-electron chi connectivity index (χ0n) is 20.8. The lowest BCUT2D eigenvalue weighted by Gasteiger charge is -2.41. The van der Waals surface area contributed by atoms with Crippen LogP contribution in [0.15, 0.2) is 79.3 Å². The second-order valence-corrected chi connectivity index (χ2v) is 9.74. The number of Topliss-reactive ketones (excluding diaryl/α,β-unsaturated/α-hetero) is 1. The number of nitrogens with one attached hydrogen (secondary N) is 1. The highest BCUT2D eigenvalue weighted by Gasteiger charge is 2.24. The van der Waals surface area contributed by atoms with Crippen LogP contribution in [0.3, 0.4) is 0 Å². The molecule has 1 N–H and O–H groups in total. The van der Waals surface area contributed by atoms with Crippen molar-refractivity contribution in [2.45, 2.75) is 32.9 Å². The summed E-state index contributed by atoms with van der Waals surface area (Å²) in [5.41, 5.74) is 6.86. The summed E-state index contributed by atoms with van der Waals surface area (Å²) in [5.74, 6) is 0.0623. The largest absolute Gasteiger partial charge is 0.364 e. The molecule has 3 aromatic carbocycles. The van der Waals surface area contributed by atoms with E-state index in [9.17, 15) is 4.79 Å². The van der Waals surface area contributed by atoms with Crippen molar-refractivity contribution in [2.24, 2.45) is 0 Å². The zero-order chi connectivity index (χ0) is 24.8. The average molecular weight is 476 g/mol. The molecule has 1 aliphatic rings. The highest BCUT2D eigenvalue weighted by Crippen LogP contribution is 2.34. The Balaban J connectivity index is 1.36. The smallest absolute Gasteiger partial charge is 0.162 e. The number of fused-ring (bicyclic) bond motifs is 2. The van der Waals surface area contributed by atoms with E-state index in [1.165, 1.54) is 5.69 Å². The molecule has 2 atom stereocenters. The minimum atomic E-state index is 0.0623. The standard InChI is InChI=1S/C30H29N5O/c1-19-14-31-15-20(2)35(19)24-10-8-22(9-11-24)23-16-32-30-29(17-33-34(30)18-23)28-13-12-25(21(3)36)26-6-4-5-7-27(26)28/h4-13,16-20,31H,14-15H2,1-3H3/t19-,20+. The van der Waals surface area contributed by atoms with Crippen LogP contribution in [0.2, 0.25) is 0 Å². The third-order valence-corrected chi connectivity index (χ3v) is 7.28. The van der Waals surface area contributed by atoms with Gasteiger partial charge < -0.3 is 10.2 Å². The normalized spacial score (nSPS) is 18.1. The molecule has 36 heavy (non-hydrogen) atoms. The Bertz CT molecular complexity index is 1580. The first-order chi connectivity index (χ1) is 17.5. The predicted molar refractivity (Wildman–Crippen MR) is 146 cm³/mol. The minimum Gasteiger partial charge on any atom is -0.364 e. The average Bonchev–Trinajstić information content (AvgIpc) is 3.31. The summed E-state index contributed by atoms with van der Waals surface area (Å²) in [5, 5.41) is 10.1. The molecule has 3 heterocycles. The maximum atomic E-state index is 12.2. The first-order valence-electron chi connectivity index (χ1n) is 12.5. The summed E-state index contributed by atoms with van der Waals surface area (Å²) >= 11 is 0. The number of hydrogen-bond donors (Lipinski definition) is 1. The van der Waals surface area contributed by atoms with Crippen molar-refractivity contribution < 1.29 is 4.79 Å². The van der Waals surface area contributed by atoms with Gasteiger partial charge >= 0.3 is 0 Å². The number of piperazine rings is 1. The molecule has 6 nitrogen and oxygen atoms in total. The fraction of sp³-hybridized carbons (Fsp3) is 0.233. The van der Waals surface area contributed by atoms with Crippen molar-refractivity contribution >= 4 is 27.9 Å². The Morgan fingerprint density at radius 2 is 1.58 bits per heavy atom. The summed E-state index contributed by atoms with van der Waals surface area (Å²) < 4.78 is 1.84. The van der Waals surface area contributed by atoms with Gasteiger partial charge in [0.25, 0.3) is 0 Å². The van der Waals surface area contributed by atoms with Crippen molar-refractivity contribution in [3.63, 3.8) is 0 Å². The molecular formula is C30H29N5O. The maximum absolute atomic E-state index is 12.2. The quantitative estimate of drug-likeness (QED) is 0.343. The summed E-state index contributed by atoms with van der Waals surface area (Å²) in [6.07, 6.45) is 5.80. The van der Waals surface area contributed by atoms with E-state index >= 15 is 0 Å². The van der Waals surface area contributed by atoms with E-state index in [4.69, 9.17) is 4.98 Å². The van der Waals surface area contributed by atoms with Crippen molar-refractivity contribution in [2.75, 3.05) is 18.0 Å². The Kier molecular flexibility index (Phi) is 5.53. The van der Waals surface area contributed by atoms with Crippen LogP contribution in [-0.2, 0) is 0 Å². The second kappa shape index (κ2) is 8.88. The number of anilines is 1. The summed E-state index contributed by atoms with van der Waals surface area (Å²) in [6.45, 7) is 8.14. The number of ketones is 1. The summed E-state index contributed by atoms with van der Waals surface area (Å²) in [6, 6.07) is 21.6. The molecule has 1 fully saturated rings. The van der Waals surface area contributed by atoms with Crippen LogP contribution < -0.4 is 10.2 Å².